The molecule has 4 nitrogen and oxygen atoms in total. The van der Waals surface area contributed by atoms with Gasteiger partial charge in [-0.15, -0.1) is 0 Å². The summed E-state index contributed by atoms with van der Waals surface area (Å²) in [4.78, 5) is 18.9. The third-order valence-electron chi connectivity index (χ3n) is 1.68. The Morgan fingerprint density at radius 2 is 2.07 bits per heavy atom. The van der Waals surface area contributed by atoms with E-state index in [0.717, 1.165) is 0 Å². The van der Waals surface area contributed by atoms with Crippen LogP contribution >= 0.6 is 0 Å². The lowest BCUT2D eigenvalue weighted by atomic mass is 10.3. The van der Waals surface area contributed by atoms with Gasteiger partial charge in [0.2, 0.25) is 0 Å². The number of carbonyl (C=O) groups excluding carboxylic acids is 1. The van der Waals surface area contributed by atoms with Crippen LogP contribution in [0.4, 0.5) is 0 Å². The Hall–Kier alpha value is -1.71. The summed E-state index contributed by atoms with van der Waals surface area (Å²) in [7, 11) is 0. The van der Waals surface area contributed by atoms with E-state index in [9.17, 15) is 4.79 Å². The number of rotatable bonds is 1. The highest BCUT2D eigenvalue weighted by atomic mass is 16.1. The second kappa shape index (κ2) is 4.50. The molecule has 2 aromatic rings. The third-order valence-corrected chi connectivity index (χ3v) is 1.68. The number of nitrogens with zero attached hydrogens (tertiary/aromatic N) is 3. The average molecular weight is 191 g/mol. The van der Waals surface area contributed by atoms with Gasteiger partial charge in [0, 0.05) is 19.3 Å². The zero-order chi connectivity index (χ0) is 10.6. The van der Waals surface area contributed by atoms with E-state index in [4.69, 9.17) is 0 Å². The lowest BCUT2D eigenvalue weighted by Crippen LogP contribution is -1.97. The van der Waals surface area contributed by atoms with Gasteiger partial charge >= 0.3 is 0 Å². The van der Waals surface area contributed by atoms with Crippen molar-refractivity contribution in [2.75, 3.05) is 0 Å². The predicted octanol–water partition coefficient (Wildman–Crippen LogP) is 1.96. The predicted molar refractivity (Wildman–Crippen MR) is 54.3 cm³/mol. The van der Waals surface area contributed by atoms with Crippen LogP contribution in [0, 0.1) is 0 Å². The summed E-state index contributed by atoms with van der Waals surface area (Å²) in [5.74, 6) is 0.00806. The summed E-state index contributed by atoms with van der Waals surface area (Å²) in [6.07, 6.45) is 6.52. The maximum atomic E-state index is 11.0. The van der Waals surface area contributed by atoms with Crippen LogP contribution in [-0.2, 0) is 0 Å². The summed E-state index contributed by atoms with van der Waals surface area (Å²) >= 11 is 0. The van der Waals surface area contributed by atoms with Gasteiger partial charge in [-0.25, -0.2) is 4.98 Å². The second-order valence-corrected chi connectivity index (χ2v) is 2.50. The molecule has 0 spiro atoms. The number of imidazole rings is 1. The van der Waals surface area contributed by atoms with Crippen molar-refractivity contribution in [3.05, 3.63) is 30.5 Å². The Labute approximate surface area is 82.6 Å². The van der Waals surface area contributed by atoms with Crippen LogP contribution in [0.1, 0.15) is 31.3 Å². The molecule has 4 heteroatoms. The third kappa shape index (κ3) is 1.79. The van der Waals surface area contributed by atoms with Gasteiger partial charge in [-0.1, -0.05) is 13.8 Å². The van der Waals surface area contributed by atoms with Gasteiger partial charge < -0.3 is 0 Å². The number of ketones is 1. The average Bonchev–Trinajstić information content (AvgIpc) is 2.64. The molecule has 0 atom stereocenters. The van der Waals surface area contributed by atoms with Gasteiger partial charge in [0.1, 0.15) is 5.69 Å². The van der Waals surface area contributed by atoms with Crippen molar-refractivity contribution in [2.45, 2.75) is 20.8 Å². The molecule has 0 amide bonds. The first-order chi connectivity index (χ1) is 6.79. The van der Waals surface area contributed by atoms with E-state index in [2.05, 4.69) is 9.97 Å². The molecule has 0 aliphatic heterocycles. The summed E-state index contributed by atoms with van der Waals surface area (Å²) in [5, 5.41) is 0. The lowest BCUT2D eigenvalue weighted by Gasteiger charge is -1.94. The highest BCUT2D eigenvalue weighted by Gasteiger charge is 2.05. The maximum absolute atomic E-state index is 11.0. The molecule has 0 fully saturated rings. The van der Waals surface area contributed by atoms with Crippen molar-refractivity contribution in [1.82, 2.24) is 14.4 Å². The number of Topliss-reactive ketones (excluding diaryl/α,β-unsaturated/α-hetero) is 1. The van der Waals surface area contributed by atoms with Crippen molar-refractivity contribution in [2.24, 2.45) is 0 Å². The number of carbonyl (C=O) groups is 1. The van der Waals surface area contributed by atoms with Gasteiger partial charge in [0.25, 0.3) is 0 Å². The minimum Gasteiger partial charge on any atom is -0.294 e. The monoisotopic (exact) mass is 191 g/mol. The first kappa shape index (κ1) is 10.4. The van der Waals surface area contributed by atoms with Crippen LogP contribution in [0.25, 0.3) is 5.65 Å². The largest absolute Gasteiger partial charge is 0.294 e. The quantitative estimate of drug-likeness (QED) is 0.647. The normalized spacial score (nSPS) is 9.36. The Kier molecular flexibility index (Phi) is 3.34. The first-order valence-corrected chi connectivity index (χ1v) is 4.57. The molecule has 0 unspecified atom stereocenters. The van der Waals surface area contributed by atoms with Crippen LogP contribution in [-0.4, -0.2) is 20.2 Å². The molecule has 74 valence electrons. The van der Waals surface area contributed by atoms with Crippen LogP contribution in [0.2, 0.25) is 0 Å². The van der Waals surface area contributed by atoms with E-state index in [1.54, 1.807) is 29.2 Å². The SMILES string of the molecule is CC.CC(=O)c1cnc2cnccn12. The summed E-state index contributed by atoms with van der Waals surface area (Å²) in [6.45, 7) is 5.52. The molecule has 0 radical (unpaired) electrons. The summed E-state index contributed by atoms with van der Waals surface area (Å²) < 4.78 is 1.72. The van der Waals surface area contributed by atoms with E-state index in [1.165, 1.54) is 6.92 Å². The fourth-order valence-corrected chi connectivity index (χ4v) is 1.10. The molecule has 0 aromatic carbocycles. The minimum absolute atomic E-state index is 0.00806. The van der Waals surface area contributed by atoms with E-state index in [1.807, 2.05) is 13.8 Å². The lowest BCUT2D eigenvalue weighted by molar-refractivity contribution is 0.101. The molecule has 2 aromatic heterocycles. The molecule has 0 bridgehead atoms. The van der Waals surface area contributed by atoms with E-state index >= 15 is 0 Å². The molecule has 2 heterocycles. The Bertz CT molecular complexity index is 434. The minimum atomic E-state index is 0.00806. The Morgan fingerprint density at radius 1 is 1.36 bits per heavy atom. The summed E-state index contributed by atoms with van der Waals surface area (Å²) in [6, 6.07) is 0. The van der Waals surface area contributed by atoms with Gasteiger partial charge in [-0.05, 0) is 0 Å². The number of aromatic nitrogens is 3. The van der Waals surface area contributed by atoms with Crippen molar-refractivity contribution in [3.8, 4) is 0 Å². The molecule has 0 saturated heterocycles. The maximum Gasteiger partial charge on any atom is 0.178 e. The zero-order valence-electron chi connectivity index (χ0n) is 8.56. The highest BCUT2D eigenvalue weighted by molar-refractivity contribution is 5.92. The molecular formula is C10H13N3O. The van der Waals surface area contributed by atoms with Crippen LogP contribution in [0.3, 0.4) is 0 Å². The van der Waals surface area contributed by atoms with Crippen LogP contribution in [0.5, 0.6) is 0 Å². The second-order valence-electron chi connectivity index (χ2n) is 2.50. The van der Waals surface area contributed by atoms with Gasteiger partial charge in [-0.2, -0.15) is 0 Å². The number of fused-ring (bicyclic) bond motifs is 1. The molecular weight excluding hydrogens is 178 g/mol. The Balaban J connectivity index is 0.000000461. The van der Waals surface area contributed by atoms with Gasteiger partial charge in [0.15, 0.2) is 11.4 Å². The molecule has 0 N–H and O–H groups in total. The highest BCUT2D eigenvalue weighted by Crippen LogP contribution is 2.04. The van der Waals surface area contributed by atoms with Crippen molar-refractivity contribution >= 4 is 11.4 Å². The first-order valence-electron chi connectivity index (χ1n) is 4.57. The summed E-state index contributed by atoms with van der Waals surface area (Å²) in [5.41, 5.74) is 1.29. The van der Waals surface area contributed by atoms with Crippen molar-refractivity contribution in [1.29, 1.82) is 0 Å². The molecule has 0 saturated carbocycles. The smallest absolute Gasteiger partial charge is 0.178 e. The van der Waals surface area contributed by atoms with E-state index < -0.39 is 0 Å². The molecule has 0 aliphatic carbocycles. The number of hydrogen-bond acceptors (Lipinski definition) is 3. The van der Waals surface area contributed by atoms with Crippen molar-refractivity contribution < 1.29 is 4.79 Å². The van der Waals surface area contributed by atoms with Gasteiger partial charge in [0.05, 0.1) is 12.4 Å². The zero-order valence-corrected chi connectivity index (χ0v) is 8.56. The fraction of sp³-hybridized carbons (Fsp3) is 0.300. The topological polar surface area (TPSA) is 47.3 Å². The van der Waals surface area contributed by atoms with Crippen molar-refractivity contribution in [3.63, 3.8) is 0 Å². The Morgan fingerprint density at radius 3 is 2.71 bits per heavy atom. The van der Waals surface area contributed by atoms with Gasteiger partial charge in [-0.3, -0.25) is 14.2 Å². The van der Waals surface area contributed by atoms with E-state index in [0.29, 0.717) is 11.3 Å². The molecule has 2 rings (SSSR count). The fourth-order valence-electron chi connectivity index (χ4n) is 1.10. The standard InChI is InChI=1S/C8H7N3O.C2H6/c1-6(12)7-4-10-8-5-9-2-3-11(7)8;1-2/h2-5H,1H3;1-2H3. The van der Waals surface area contributed by atoms with Crippen LogP contribution in [0.15, 0.2) is 24.8 Å². The number of hydrogen-bond donors (Lipinski definition) is 0. The van der Waals surface area contributed by atoms with Crippen LogP contribution < -0.4 is 0 Å². The molecule has 14 heavy (non-hydrogen) atoms. The van der Waals surface area contributed by atoms with E-state index in [-0.39, 0.29) is 5.78 Å². The molecule has 0 aliphatic rings.